The maximum absolute atomic E-state index is 12.4. The van der Waals surface area contributed by atoms with Crippen LogP contribution in [0.25, 0.3) is 11.3 Å². The van der Waals surface area contributed by atoms with Gasteiger partial charge in [-0.15, -0.1) is 23.1 Å². The maximum Gasteiger partial charge on any atom is 0.226 e. The van der Waals surface area contributed by atoms with Gasteiger partial charge in [0.1, 0.15) is 11.1 Å². The molecule has 2 aromatic heterocycles. The van der Waals surface area contributed by atoms with E-state index in [0.717, 1.165) is 41.2 Å². The quantitative estimate of drug-likeness (QED) is 0.494. The molecule has 5 nitrogen and oxygen atoms in total. The summed E-state index contributed by atoms with van der Waals surface area (Å²) in [5.41, 5.74) is 6.02. The van der Waals surface area contributed by atoms with Crippen molar-refractivity contribution in [2.45, 2.75) is 44.6 Å². The fourth-order valence-corrected chi connectivity index (χ4v) is 5.28. The van der Waals surface area contributed by atoms with E-state index in [4.69, 9.17) is 4.98 Å². The third-order valence-electron chi connectivity index (χ3n) is 5.38. The Kier molecular flexibility index (Phi) is 6.69. The third kappa shape index (κ3) is 5.33. The van der Waals surface area contributed by atoms with E-state index in [1.54, 1.807) is 0 Å². The molecule has 1 aliphatic rings. The molecular weight excluding hydrogens is 424 g/mol. The standard InChI is InChI=1S/C24H24N4OS2/c1-15-3-6-17(7-4-15)21-14-31-24(27-21)28-22(29)9-10-30-23-19(13-25)12-18-11-16(2)5-8-20(18)26-23/h3-4,6-7,12,14,16H,5,8-11H2,1-2H3,(H,27,28,29). The molecule has 3 aromatic rings. The van der Waals surface area contributed by atoms with E-state index in [1.165, 1.54) is 34.2 Å². The Bertz CT molecular complexity index is 1130. The van der Waals surface area contributed by atoms with E-state index in [-0.39, 0.29) is 5.91 Å². The van der Waals surface area contributed by atoms with Crippen molar-refractivity contribution in [3.63, 3.8) is 0 Å². The topological polar surface area (TPSA) is 78.7 Å². The summed E-state index contributed by atoms with van der Waals surface area (Å²) >= 11 is 2.90. The normalized spacial score (nSPS) is 15.2. The third-order valence-corrected chi connectivity index (χ3v) is 7.14. The van der Waals surface area contributed by atoms with Crippen molar-refractivity contribution in [2.24, 2.45) is 5.92 Å². The van der Waals surface area contributed by atoms with Crippen molar-refractivity contribution < 1.29 is 4.79 Å². The van der Waals surface area contributed by atoms with Crippen LogP contribution in [0.1, 0.15) is 42.1 Å². The van der Waals surface area contributed by atoms with E-state index in [2.05, 4.69) is 35.4 Å². The average Bonchev–Trinajstić information content (AvgIpc) is 3.22. The van der Waals surface area contributed by atoms with Crippen LogP contribution in [0.2, 0.25) is 0 Å². The number of carbonyl (C=O) groups excluding carboxylic acids is 1. The molecule has 0 saturated carbocycles. The first-order chi connectivity index (χ1) is 15.0. The number of pyridine rings is 1. The maximum atomic E-state index is 12.4. The Morgan fingerprint density at radius 2 is 2.13 bits per heavy atom. The monoisotopic (exact) mass is 448 g/mol. The van der Waals surface area contributed by atoms with Crippen LogP contribution in [0, 0.1) is 24.2 Å². The van der Waals surface area contributed by atoms with Gasteiger partial charge in [-0.2, -0.15) is 5.26 Å². The molecule has 7 heteroatoms. The van der Waals surface area contributed by atoms with Gasteiger partial charge in [-0.05, 0) is 43.7 Å². The van der Waals surface area contributed by atoms with Crippen LogP contribution in [-0.4, -0.2) is 21.6 Å². The fourth-order valence-electron chi connectivity index (χ4n) is 3.63. The van der Waals surface area contributed by atoms with Crippen molar-refractivity contribution in [2.75, 3.05) is 11.1 Å². The fraction of sp³-hybridized carbons (Fsp3) is 0.333. The van der Waals surface area contributed by atoms with Crippen molar-refractivity contribution in [3.05, 3.63) is 58.1 Å². The first kappa shape index (κ1) is 21.5. The lowest BCUT2D eigenvalue weighted by molar-refractivity contribution is -0.115. The number of aryl methyl sites for hydroxylation is 2. The SMILES string of the molecule is Cc1ccc(-c2csc(NC(=O)CCSc3nc4c(cc3C#N)CC(C)CC4)n2)cc1. The van der Waals surface area contributed by atoms with Crippen LogP contribution in [0.5, 0.6) is 0 Å². The Labute approximate surface area is 190 Å². The molecular formula is C24H24N4OS2. The van der Waals surface area contributed by atoms with E-state index in [9.17, 15) is 10.1 Å². The molecule has 2 heterocycles. The van der Waals surface area contributed by atoms with E-state index >= 15 is 0 Å². The molecule has 0 fully saturated rings. The zero-order chi connectivity index (χ0) is 21.8. The predicted octanol–water partition coefficient (Wildman–Crippen LogP) is 5.63. The minimum absolute atomic E-state index is 0.0809. The molecule has 31 heavy (non-hydrogen) atoms. The average molecular weight is 449 g/mol. The minimum atomic E-state index is -0.0809. The number of nitriles is 1. The first-order valence-electron chi connectivity index (χ1n) is 10.4. The molecule has 1 atom stereocenters. The highest BCUT2D eigenvalue weighted by Gasteiger charge is 2.19. The number of aromatic nitrogens is 2. The Hall–Kier alpha value is -2.69. The number of fused-ring (bicyclic) bond motifs is 1. The van der Waals surface area contributed by atoms with Crippen LogP contribution in [-0.2, 0) is 17.6 Å². The van der Waals surface area contributed by atoms with Crippen molar-refractivity contribution in [3.8, 4) is 17.3 Å². The van der Waals surface area contributed by atoms with Gasteiger partial charge < -0.3 is 5.32 Å². The van der Waals surface area contributed by atoms with Gasteiger partial charge in [0, 0.05) is 28.8 Å². The number of thiazole rings is 1. The second-order valence-corrected chi connectivity index (χ2v) is 9.90. The zero-order valence-corrected chi connectivity index (χ0v) is 19.3. The zero-order valence-electron chi connectivity index (χ0n) is 17.6. The summed E-state index contributed by atoms with van der Waals surface area (Å²) in [5.74, 6) is 1.13. The Balaban J connectivity index is 1.33. The van der Waals surface area contributed by atoms with E-state index in [1.807, 2.05) is 30.5 Å². The van der Waals surface area contributed by atoms with Gasteiger partial charge >= 0.3 is 0 Å². The number of rotatable bonds is 6. The molecule has 158 valence electrons. The van der Waals surface area contributed by atoms with Crippen molar-refractivity contribution in [1.29, 1.82) is 5.26 Å². The van der Waals surface area contributed by atoms with Gasteiger partial charge in [0.25, 0.3) is 0 Å². The number of thioether (sulfide) groups is 1. The van der Waals surface area contributed by atoms with Crippen LogP contribution in [0.4, 0.5) is 5.13 Å². The minimum Gasteiger partial charge on any atom is -0.302 e. The second kappa shape index (κ2) is 9.63. The number of nitrogens with zero attached hydrogens (tertiary/aromatic N) is 3. The summed E-state index contributed by atoms with van der Waals surface area (Å²) in [4.78, 5) is 21.6. The Morgan fingerprint density at radius 3 is 2.90 bits per heavy atom. The van der Waals surface area contributed by atoms with E-state index in [0.29, 0.717) is 28.8 Å². The summed E-state index contributed by atoms with van der Waals surface area (Å²) in [7, 11) is 0. The Morgan fingerprint density at radius 1 is 1.32 bits per heavy atom. The smallest absolute Gasteiger partial charge is 0.226 e. The van der Waals surface area contributed by atoms with Crippen molar-refractivity contribution in [1.82, 2.24) is 9.97 Å². The predicted molar refractivity (Wildman–Crippen MR) is 126 cm³/mol. The molecule has 0 saturated heterocycles. The molecule has 4 rings (SSSR count). The van der Waals surface area contributed by atoms with Gasteiger partial charge in [0.05, 0.1) is 11.3 Å². The number of anilines is 1. The first-order valence-corrected chi connectivity index (χ1v) is 12.3. The number of hydrogen-bond acceptors (Lipinski definition) is 6. The highest BCUT2D eigenvalue weighted by Crippen LogP contribution is 2.30. The number of carbonyl (C=O) groups is 1. The number of amides is 1. The van der Waals surface area contributed by atoms with Gasteiger partial charge in [0.2, 0.25) is 5.91 Å². The van der Waals surface area contributed by atoms with Gasteiger partial charge in [-0.1, -0.05) is 36.8 Å². The molecule has 1 aliphatic carbocycles. The summed E-state index contributed by atoms with van der Waals surface area (Å²) in [6, 6.07) is 12.4. The summed E-state index contributed by atoms with van der Waals surface area (Å²) in [6.07, 6.45) is 3.42. The molecule has 0 spiro atoms. The second-order valence-electron chi connectivity index (χ2n) is 7.96. The number of benzene rings is 1. The molecule has 1 amide bonds. The van der Waals surface area contributed by atoms with Gasteiger partial charge in [-0.25, -0.2) is 9.97 Å². The molecule has 0 bridgehead atoms. The number of nitrogens with one attached hydrogen (secondary N) is 1. The van der Waals surface area contributed by atoms with Gasteiger partial charge in [-0.3, -0.25) is 4.79 Å². The van der Waals surface area contributed by atoms with Crippen LogP contribution >= 0.6 is 23.1 Å². The molecule has 0 radical (unpaired) electrons. The van der Waals surface area contributed by atoms with Gasteiger partial charge in [0.15, 0.2) is 5.13 Å². The van der Waals surface area contributed by atoms with Crippen LogP contribution in [0.15, 0.2) is 40.7 Å². The highest BCUT2D eigenvalue weighted by molar-refractivity contribution is 7.99. The molecule has 1 aromatic carbocycles. The molecule has 1 N–H and O–H groups in total. The largest absolute Gasteiger partial charge is 0.302 e. The lowest BCUT2D eigenvalue weighted by atomic mass is 9.87. The molecule has 1 unspecified atom stereocenters. The van der Waals surface area contributed by atoms with Crippen molar-refractivity contribution >= 4 is 34.1 Å². The van der Waals surface area contributed by atoms with Crippen LogP contribution in [0.3, 0.4) is 0 Å². The number of hydrogen-bond donors (Lipinski definition) is 1. The summed E-state index contributed by atoms with van der Waals surface area (Å²) < 4.78 is 0. The lowest BCUT2D eigenvalue weighted by Crippen LogP contribution is -2.14. The van der Waals surface area contributed by atoms with Crippen LogP contribution < -0.4 is 5.32 Å². The summed E-state index contributed by atoms with van der Waals surface area (Å²) in [6.45, 7) is 4.29. The highest BCUT2D eigenvalue weighted by atomic mass is 32.2. The molecule has 0 aliphatic heterocycles. The lowest BCUT2D eigenvalue weighted by Gasteiger charge is -2.21. The summed E-state index contributed by atoms with van der Waals surface area (Å²) in [5, 5.41) is 15.7. The van der Waals surface area contributed by atoms with E-state index < -0.39 is 0 Å².